The van der Waals surface area contributed by atoms with Gasteiger partial charge in [-0.1, -0.05) is 42.5 Å². The van der Waals surface area contributed by atoms with Crippen LogP contribution in [-0.4, -0.2) is 23.1 Å². The van der Waals surface area contributed by atoms with Crippen molar-refractivity contribution in [2.45, 2.75) is 32.1 Å². The number of hydrogen-bond acceptors (Lipinski definition) is 4. The molecule has 6 nitrogen and oxygen atoms in total. The molecule has 0 spiro atoms. The van der Waals surface area contributed by atoms with Crippen LogP contribution < -0.4 is 10.7 Å². The lowest BCUT2D eigenvalue weighted by molar-refractivity contribution is -0.120. The number of rotatable bonds is 5. The normalized spacial score (nSPS) is 14.7. The lowest BCUT2D eigenvalue weighted by Crippen LogP contribution is -2.24. The summed E-state index contributed by atoms with van der Waals surface area (Å²) in [6, 6.07) is 9.46. The molecule has 0 aromatic heterocycles. The summed E-state index contributed by atoms with van der Waals surface area (Å²) in [5.41, 5.74) is 3.69. The summed E-state index contributed by atoms with van der Waals surface area (Å²) in [5.74, 6) is -0.505. The summed E-state index contributed by atoms with van der Waals surface area (Å²) >= 11 is 11.7. The first kappa shape index (κ1) is 21.1. The van der Waals surface area contributed by atoms with Crippen LogP contribution in [-0.2, 0) is 4.79 Å². The van der Waals surface area contributed by atoms with E-state index in [-0.39, 0.29) is 28.2 Å². The Bertz CT molecular complexity index is 924. The van der Waals surface area contributed by atoms with Gasteiger partial charge < -0.3 is 10.4 Å². The molecule has 0 radical (unpaired) electrons. The van der Waals surface area contributed by atoms with Crippen LogP contribution >= 0.6 is 23.2 Å². The molecule has 29 heavy (non-hydrogen) atoms. The first-order valence-corrected chi connectivity index (χ1v) is 10.1. The van der Waals surface area contributed by atoms with E-state index in [0.717, 1.165) is 25.7 Å². The number of carbonyl (C=O) groups excluding carboxylic acids is 2. The SMILES string of the molecule is O=C(N/N=C/c1cc(Cl)cc(Cl)c1O)c1ccc(NC(=O)C2CCCCC2)cc1. The van der Waals surface area contributed by atoms with E-state index in [2.05, 4.69) is 15.8 Å². The van der Waals surface area contributed by atoms with E-state index in [9.17, 15) is 14.7 Å². The van der Waals surface area contributed by atoms with Crippen molar-refractivity contribution in [3.05, 3.63) is 57.6 Å². The number of anilines is 1. The van der Waals surface area contributed by atoms with Gasteiger partial charge in [-0.2, -0.15) is 5.10 Å². The van der Waals surface area contributed by atoms with Crippen molar-refractivity contribution in [2.24, 2.45) is 11.0 Å². The van der Waals surface area contributed by atoms with Gasteiger partial charge >= 0.3 is 0 Å². The highest BCUT2D eigenvalue weighted by molar-refractivity contribution is 6.36. The van der Waals surface area contributed by atoms with Crippen LogP contribution in [0, 0.1) is 5.92 Å². The van der Waals surface area contributed by atoms with Crippen LogP contribution in [0.2, 0.25) is 10.0 Å². The molecule has 1 saturated carbocycles. The minimum atomic E-state index is -0.431. The summed E-state index contributed by atoms with van der Waals surface area (Å²) in [5, 5.41) is 17.0. The van der Waals surface area contributed by atoms with Gasteiger partial charge in [-0.15, -0.1) is 0 Å². The van der Waals surface area contributed by atoms with E-state index in [0.29, 0.717) is 16.3 Å². The molecule has 1 fully saturated rings. The number of hydrazone groups is 1. The topological polar surface area (TPSA) is 90.8 Å². The average molecular weight is 434 g/mol. The number of amides is 2. The Hall–Kier alpha value is -2.57. The van der Waals surface area contributed by atoms with E-state index in [4.69, 9.17) is 23.2 Å². The zero-order valence-electron chi connectivity index (χ0n) is 15.6. The van der Waals surface area contributed by atoms with Crippen LogP contribution in [0.5, 0.6) is 5.75 Å². The van der Waals surface area contributed by atoms with Crippen molar-refractivity contribution in [1.82, 2.24) is 5.43 Å². The fraction of sp³-hybridized carbons (Fsp3) is 0.286. The van der Waals surface area contributed by atoms with Crippen molar-refractivity contribution >= 4 is 46.9 Å². The third-order valence-corrected chi connectivity index (χ3v) is 5.32. The molecule has 152 valence electrons. The number of halogens is 2. The molecule has 1 aliphatic rings. The lowest BCUT2D eigenvalue weighted by atomic mass is 9.88. The molecule has 2 amide bonds. The molecule has 2 aromatic carbocycles. The van der Waals surface area contributed by atoms with Gasteiger partial charge in [-0.3, -0.25) is 9.59 Å². The number of phenolic OH excluding ortho intramolecular Hbond substituents is 1. The van der Waals surface area contributed by atoms with E-state index in [1.165, 1.54) is 24.8 Å². The van der Waals surface area contributed by atoms with Crippen LogP contribution in [0.4, 0.5) is 5.69 Å². The second kappa shape index (κ2) is 9.76. The molecule has 0 atom stereocenters. The maximum absolute atomic E-state index is 12.3. The Morgan fingerprint density at radius 3 is 2.45 bits per heavy atom. The van der Waals surface area contributed by atoms with E-state index < -0.39 is 5.91 Å². The molecule has 3 N–H and O–H groups in total. The number of phenols is 1. The van der Waals surface area contributed by atoms with E-state index in [1.807, 2.05) is 0 Å². The largest absolute Gasteiger partial charge is 0.506 e. The molecule has 0 unspecified atom stereocenters. The Morgan fingerprint density at radius 2 is 1.76 bits per heavy atom. The zero-order valence-corrected chi connectivity index (χ0v) is 17.1. The van der Waals surface area contributed by atoms with Gasteiger partial charge in [0.1, 0.15) is 5.75 Å². The predicted octanol–water partition coefficient (Wildman–Crippen LogP) is 4.98. The highest BCUT2D eigenvalue weighted by Crippen LogP contribution is 2.30. The second-order valence-corrected chi connectivity index (χ2v) is 7.77. The van der Waals surface area contributed by atoms with E-state index in [1.54, 1.807) is 24.3 Å². The van der Waals surface area contributed by atoms with Crippen LogP contribution in [0.3, 0.4) is 0 Å². The number of aromatic hydroxyl groups is 1. The molecule has 2 aromatic rings. The minimum absolute atomic E-state index is 0.0338. The Morgan fingerprint density at radius 1 is 1.07 bits per heavy atom. The molecule has 0 bridgehead atoms. The van der Waals surface area contributed by atoms with E-state index >= 15 is 0 Å². The molecule has 0 heterocycles. The van der Waals surface area contributed by atoms with Crippen molar-refractivity contribution in [3.8, 4) is 5.75 Å². The number of benzene rings is 2. The third-order valence-electron chi connectivity index (χ3n) is 4.82. The molecular weight excluding hydrogens is 413 g/mol. The Balaban J connectivity index is 1.57. The fourth-order valence-corrected chi connectivity index (χ4v) is 3.73. The van der Waals surface area contributed by atoms with Crippen molar-refractivity contribution in [2.75, 3.05) is 5.32 Å². The van der Waals surface area contributed by atoms with Crippen molar-refractivity contribution in [3.63, 3.8) is 0 Å². The maximum atomic E-state index is 12.3. The van der Waals surface area contributed by atoms with Gasteiger partial charge in [0.15, 0.2) is 0 Å². The molecule has 0 saturated heterocycles. The van der Waals surface area contributed by atoms with Gasteiger partial charge in [0, 0.05) is 27.8 Å². The van der Waals surface area contributed by atoms with Gasteiger partial charge in [0.05, 0.1) is 11.2 Å². The molecule has 0 aliphatic heterocycles. The summed E-state index contributed by atoms with van der Waals surface area (Å²) < 4.78 is 0. The fourth-order valence-electron chi connectivity index (χ4n) is 3.22. The number of nitrogens with zero attached hydrogens (tertiary/aromatic N) is 1. The molecule has 8 heteroatoms. The van der Waals surface area contributed by atoms with Gasteiger partial charge in [-0.25, -0.2) is 5.43 Å². The maximum Gasteiger partial charge on any atom is 0.271 e. The highest BCUT2D eigenvalue weighted by Gasteiger charge is 2.21. The summed E-state index contributed by atoms with van der Waals surface area (Å²) in [6.45, 7) is 0. The van der Waals surface area contributed by atoms with Crippen LogP contribution in [0.25, 0.3) is 0 Å². The molecular formula is C21H21Cl2N3O3. The summed E-state index contributed by atoms with van der Waals surface area (Å²) in [4.78, 5) is 24.5. The first-order chi connectivity index (χ1) is 13.9. The zero-order chi connectivity index (χ0) is 20.8. The van der Waals surface area contributed by atoms with Crippen molar-refractivity contribution in [1.29, 1.82) is 0 Å². The monoisotopic (exact) mass is 433 g/mol. The van der Waals surface area contributed by atoms with Gasteiger partial charge in [0.25, 0.3) is 5.91 Å². The van der Waals surface area contributed by atoms with Gasteiger partial charge in [0.2, 0.25) is 5.91 Å². The predicted molar refractivity (Wildman–Crippen MR) is 115 cm³/mol. The molecule has 3 rings (SSSR count). The van der Waals surface area contributed by atoms with Crippen molar-refractivity contribution < 1.29 is 14.7 Å². The highest BCUT2D eigenvalue weighted by atomic mass is 35.5. The minimum Gasteiger partial charge on any atom is -0.506 e. The Kier molecular flexibility index (Phi) is 7.12. The average Bonchev–Trinajstić information content (AvgIpc) is 2.72. The standard InChI is InChI=1S/C21H21Cl2N3O3/c22-16-10-15(19(27)18(23)11-16)12-24-26-21(29)14-6-8-17(9-7-14)25-20(28)13-4-2-1-3-5-13/h6-13,27H,1-5H2,(H,25,28)(H,26,29)/b24-12+. The number of carbonyl (C=O) groups is 2. The lowest BCUT2D eigenvalue weighted by Gasteiger charge is -2.20. The summed E-state index contributed by atoms with van der Waals surface area (Å²) in [6.07, 6.45) is 6.49. The number of hydrogen-bond donors (Lipinski definition) is 3. The second-order valence-electron chi connectivity index (χ2n) is 6.93. The summed E-state index contributed by atoms with van der Waals surface area (Å²) in [7, 11) is 0. The molecule has 1 aliphatic carbocycles. The van der Waals surface area contributed by atoms with Crippen LogP contribution in [0.15, 0.2) is 41.5 Å². The quantitative estimate of drug-likeness (QED) is 0.458. The van der Waals surface area contributed by atoms with Crippen LogP contribution in [0.1, 0.15) is 48.0 Å². The number of nitrogens with one attached hydrogen (secondary N) is 2. The third kappa shape index (κ3) is 5.71. The van der Waals surface area contributed by atoms with Gasteiger partial charge in [-0.05, 0) is 49.2 Å². The smallest absolute Gasteiger partial charge is 0.271 e. The first-order valence-electron chi connectivity index (χ1n) is 9.36. The Labute approximate surface area is 178 Å².